The number of carbonyl (C=O) groups is 1. The van der Waals surface area contributed by atoms with Gasteiger partial charge in [0, 0.05) is 49.3 Å². The van der Waals surface area contributed by atoms with Crippen LogP contribution in [0.2, 0.25) is 0 Å². The van der Waals surface area contributed by atoms with Crippen molar-refractivity contribution in [2.24, 2.45) is 0 Å². The molecule has 2 heterocycles. The van der Waals surface area contributed by atoms with Crippen LogP contribution < -0.4 is 0 Å². The Morgan fingerprint density at radius 2 is 2.27 bits per heavy atom. The van der Waals surface area contributed by atoms with Crippen molar-refractivity contribution in [2.45, 2.75) is 32.4 Å². The third kappa shape index (κ3) is 4.23. The van der Waals surface area contributed by atoms with Crippen LogP contribution in [0.25, 0.3) is 0 Å². The smallest absolute Gasteiger partial charge is 0.273 e. The molecule has 1 aromatic heterocycles. The molecule has 1 atom stereocenters. The lowest BCUT2D eigenvalue weighted by molar-refractivity contribution is -0.385. The minimum Gasteiger partial charge on any atom is -0.376 e. The zero-order valence-electron chi connectivity index (χ0n) is 14.6. The van der Waals surface area contributed by atoms with Gasteiger partial charge in [0.2, 0.25) is 0 Å². The van der Waals surface area contributed by atoms with E-state index in [0.29, 0.717) is 30.8 Å². The fraction of sp³-hybridized carbons (Fsp3) is 0.368. The summed E-state index contributed by atoms with van der Waals surface area (Å²) in [6.45, 7) is 3.20. The number of benzene rings is 1. The number of carbonyl (C=O) groups excluding carboxylic acids is 1. The highest BCUT2D eigenvalue weighted by Gasteiger charge is 2.25. The maximum Gasteiger partial charge on any atom is 0.273 e. The first-order chi connectivity index (χ1) is 12.5. The van der Waals surface area contributed by atoms with E-state index < -0.39 is 4.92 Å². The molecule has 136 valence electrons. The molecule has 0 bridgehead atoms. The predicted octanol–water partition coefficient (Wildman–Crippen LogP) is 3.12. The molecule has 0 radical (unpaired) electrons. The summed E-state index contributed by atoms with van der Waals surface area (Å²) in [6, 6.07) is 8.32. The molecular weight excluding hydrogens is 334 g/mol. The zero-order chi connectivity index (χ0) is 18.5. The third-order valence-electron chi connectivity index (χ3n) is 4.48. The highest BCUT2D eigenvalue weighted by atomic mass is 16.6. The maximum absolute atomic E-state index is 13.1. The van der Waals surface area contributed by atoms with Crippen LogP contribution >= 0.6 is 0 Å². The first kappa shape index (κ1) is 18.0. The van der Waals surface area contributed by atoms with Gasteiger partial charge in [-0.05, 0) is 37.5 Å². The predicted molar refractivity (Wildman–Crippen MR) is 95.8 cm³/mol. The van der Waals surface area contributed by atoms with Gasteiger partial charge in [0.25, 0.3) is 11.6 Å². The molecule has 0 spiro atoms. The number of pyridine rings is 1. The molecule has 1 aliphatic rings. The van der Waals surface area contributed by atoms with Gasteiger partial charge in [-0.3, -0.25) is 19.9 Å². The van der Waals surface area contributed by atoms with Gasteiger partial charge >= 0.3 is 0 Å². The second-order valence-corrected chi connectivity index (χ2v) is 6.44. The van der Waals surface area contributed by atoms with E-state index in [1.807, 2.05) is 12.1 Å². The number of amides is 1. The van der Waals surface area contributed by atoms with Gasteiger partial charge in [0.05, 0.1) is 11.0 Å². The van der Waals surface area contributed by atoms with Crippen LogP contribution in [0.5, 0.6) is 0 Å². The Hall–Kier alpha value is -2.80. The number of nitrogens with zero attached hydrogens (tertiary/aromatic N) is 3. The third-order valence-corrected chi connectivity index (χ3v) is 4.48. The van der Waals surface area contributed by atoms with Crippen molar-refractivity contribution in [1.82, 2.24) is 9.88 Å². The van der Waals surface area contributed by atoms with Crippen LogP contribution in [0.4, 0.5) is 5.69 Å². The Morgan fingerprint density at radius 3 is 2.92 bits per heavy atom. The van der Waals surface area contributed by atoms with Gasteiger partial charge in [-0.15, -0.1) is 0 Å². The van der Waals surface area contributed by atoms with Gasteiger partial charge in [0.15, 0.2) is 0 Å². The van der Waals surface area contributed by atoms with Gasteiger partial charge < -0.3 is 9.64 Å². The van der Waals surface area contributed by atoms with Gasteiger partial charge in [-0.2, -0.15) is 0 Å². The van der Waals surface area contributed by atoms with Crippen LogP contribution in [0.3, 0.4) is 0 Å². The summed E-state index contributed by atoms with van der Waals surface area (Å²) in [5.74, 6) is -0.243. The number of hydrogen-bond acceptors (Lipinski definition) is 5. The minimum atomic E-state index is -0.461. The Labute approximate surface area is 151 Å². The van der Waals surface area contributed by atoms with Crippen molar-refractivity contribution in [3.05, 3.63) is 69.5 Å². The van der Waals surface area contributed by atoms with Crippen LogP contribution in [-0.2, 0) is 11.3 Å². The lowest BCUT2D eigenvalue weighted by Crippen LogP contribution is -2.37. The summed E-state index contributed by atoms with van der Waals surface area (Å²) in [7, 11) is 0. The number of aromatic nitrogens is 1. The number of hydrogen-bond donors (Lipinski definition) is 0. The molecule has 1 fully saturated rings. The second kappa shape index (κ2) is 8.05. The van der Waals surface area contributed by atoms with Crippen LogP contribution in [0.15, 0.2) is 42.7 Å². The van der Waals surface area contributed by atoms with Gasteiger partial charge in [-0.1, -0.05) is 12.1 Å². The molecule has 26 heavy (non-hydrogen) atoms. The number of ether oxygens (including phenoxy) is 1. The number of nitro groups is 1. The topological polar surface area (TPSA) is 85.6 Å². The standard InChI is InChI=1S/C19H21N3O4/c1-14-6-7-16(10-18(14)22(24)25)19(23)21(13-17-5-3-9-26-17)12-15-4-2-8-20-11-15/h2,4,6-8,10-11,17H,3,5,9,12-13H2,1H3/t17-/m0/s1. The lowest BCUT2D eigenvalue weighted by Gasteiger charge is -2.25. The molecule has 1 aliphatic heterocycles. The lowest BCUT2D eigenvalue weighted by atomic mass is 10.1. The molecule has 7 nitrogen and oxygen atoms in total. The van der Waals surface area contributed by atoms with Crippen molar-refractivity contribution < 1.29 is 14.5 Å². The van der Waals surface area contributed by atoms with Crippen LogP contribution in [0.1, 0.15) is 34.3 Å². The van der Waals surface area contributed by atoms with Gasteiger partial charge in [0.1, 0.15) is 0 Å². The number of rotatable bonds is 6. The summed E-state index contributed by atoms with van der Waals surface area (Å²) < 4.78 is 5.67. The molecular formula is C19H21N3O4. The highest BCUT2D eigenvalue weighted by Crippen LogP contribution is 2.22. The molecule has 2 aromatic rings. The monoisotopic (exact) mass is 355 g/mol. The molecule has 0 aliphatic carbocycles. The molecule has 0 saturated carbocycles. The molecule has 3 rings (SSSR count). The second-order valence-electron chi connectivity index (χ2n) is 6.44. The zero-order valence-corrected chi connectivity index (χ0v) is 14.6. The SMILES string of the molecule is Cc1ccc(C(=O)N(Cc2cccnc2)C[C@@H]2CCCO2)cc1[N+](=O)[O-]. The first-order valence-electron chi connectivity index (χ1n) is 8.59. The molecule has 0 N–H and O–H groups in total. The molecule has 0 unspecified atom stereocenters. The fourth-order valence-corrected chi connectivity index (χ4v) is 3.09. The summed E-state index contributed by atoms with van der Waals surface area (Å²) >= 11 is 0. The summed E-state index contributed by atoms with van der Waals surface area (Å²) in [6.07, 6.45) is 5.28. The Bertz CT molecular complexity index is 789. The number of nitro benzene ring substituents is 1. The van der Waals surface area contributed by atoms with Gasteiger partial charge in [-0.25, -0.2) is 0 Å². The minimum absolute atomic E-state index is 0.00365. The molecule has 1 aromatic carbocycles. The summed E-state index contributed by atoms with van der Waals surface area (Å²) in [4.78, 5) is 29.6. The Morgan fingerprint density at radius 1 is 1.42 bits per heavy atom. The average molecular weight is 355 g/mol. The highest BCUT2D eigenvalue weighted by molar-refractivity contribution is 5.95. The molecule has 7 heteroatoms. The van der Waals surface area contributed by atoms with E-state index >= 15 is 0 Å². The number of aryl methyl sites for hydroxylation is 1. The Kier molecular flexibility index (Phi) is 5.58. The normalized spacial score (nSPS) is 16.4. The summed E-state index contributed by atoms with van der Waals surface area (Å²) in [5.41, 5.74) is 1.70. The van der Waals surface area contributed by atoms with Crippen LogP contribution in [0, 0.1) is 17.0 Å². The molecule has 1 saturated heterocycles. The van der Waals surface area contributed by atoms with E-state index in [2.05, 4.69) is 4.98 Å². The quantitative estimate of drug-likeness (QED) is 0.587. The van der Waals surface area contributed by atoms with Crippen molar-refractivity contribution in [3.8, 4) is 0 Å². The largest absolute Gasteiger partial charge is 0.376 e. The van der Waals surface area contributed by atoms with Crippen molar-refractivity contribution in [2.75, 3.05) is 13.2 Å². The van der Waals surface area contributed by atoms with E-state index in [1.54, 1.807) is 36.4 Å². The molecule has 1 amide bonds. The van der Waals surface area contributed by atoms with E-state index in [9.17, 15) is 14.9 Å². The van der Waals surface area contributed by atoms with Crippen molar-refractivity contribution in [3.63, 3.8) is 0 Å². The van der Waals surface area contributed by atoms with E-state index in [4.69, 9.17) is 4.74 Å². The maximum atomic E-state index is 13.1. The van der Waals surface area contributed by atoms with Crippen molar-refractivity contribution in [1.29, 1.82) is 0 Å². The first-order valence-corrected chi connectivity index (χ1v) is 8.59. The van der Waals surface area contributed by atoms with Crippen molar-refractivity contribution >= 4 is 11.6 Å². The van der Waals surface area contributed by atoms with E-state index in [0.717, 1.165) is 18.4 Å². The van der Waals surface area contributed by atoms with E-state index in [1.165, 1.54) is 6.07 Å². The average Bonchev–Trinajstić information content (AvgIpc) is 3.15. The van der Waals surface area contributed by atoms with Crippen LogP contribution in [-0.4, -0.2) is 40.0 Å². The van der Waals surface area contributed by atoms with E-state index in [-0.39, 0.29) is 17.7 Å². The fourth-order valence-electron chi connectivity index (χ4n) is 3.09. The Balaban J connectivity index is 1.86. The summed E-state index contributed by atoms with van der Waals surface area (Å²) in [5, 5.41) is 11.2.